The van der Waals surface area contributed by atoms with Gasteiger partial charge in [0.25, 0.3) is 0 Å². The summed E-state index contributed by atoms with van der Waals surface area (Å²) >= 11 is 12.1. The zero-order chi connectivity index (χ0) is 14.9. The molecule has 1 N–H and O–H groups in total. The van der Waals surface area contributed by atoms with E-state index in [0.29, 0.717) is 10.0 Å². The van der Waals surface area contributed by atoms with Crippen molar-refractivity contribution in [1.29, 1.82) is 5.26 Å². The number of benzene rings is 2. The Morgan fingerprint density at radius 2 is 1.81 bits per heavy atom. The topological polar surface area (TPSA) is 35.8 Å². The van der Waals surface area contributed by atoms with Crippen LogP contribution in [0.4, 0.5) is 5.69 Å². The fraction of sp³-hybridized carbons (Fsp3) is 0.235. The fourth-order valence-corrected chi connectivity index (χ4v) is 3.20. The first-order valence-corrected chi connectivity index (χ1v) is 7.57. The summed E-state index contributed by atoms with van der Waals surface area (Å²) < 4.78 is 0. The second-order valence-corrected chi connectivity index (χ2v) is 6.28. The van der Waals surface area contributed by atoms with E-state index in [1.54, 1.807) is 12.1 Å². The predicted octanol–water partition coefficient (Wildman–Crippen LogP) is 5.03. The minimum atomic E-state index is -0.385. The second-order valence-electron chi connectivity index (χ2n) is 5.43. The lowest BCUT2D eigenvalue weighted by Crippen LogP contribution is -2.47. The van der Waals surface area contributed by atoms with Crippen LogP contribution >= 0.6 is 23.2 Å². The highest BCUT2D eigenvalue weighted by Crippen LogP contribution is 2.45. The Kier molecular flexibility index (Phi) is 3.80. The van der Waals surface area contributed by atoms with Gasteiger partial charge in [0, 0.05) is 11.1 Å². The highest BCUT2D eigenvalue weighted by molar-refractivity contribution is 6.35. The molecule has 0 bridgehead atoms. The molecule has 1 aliphatic rings. The maximum absolute atomic E-state index is 9.55. The monoisotopic (exact) mass is 316 g/mol. The zero-order valence-corrected chi connectivity index (χ0v) is 12.8. The molecule has 0 unspecified atom stereocenters. The molecule has 3 rings (SSSR count). The van der Waals surface area contributed by atoms with Gasteiger partial charge in [0.05, 0.1) is 22.2 Å². The zero-order valence-electron chi connectivity index (χ0n) is 11.3. The summed E-state index contributed by atoms with van der Waals surface area (Å²) in [7, 11) is 0. The molecule has 2 nitrogen and oxygen atoms in total. The lowest BCUT2D eigenvalue weighted by molar-refractivity contribution is 0.289. The van der Waals surface area contributed by atoms with Gasteiger partial charge in [-0.3, -0.25) is 0 Å². The molecule has 0 radical (unpaired) electrons. The number of rotatable bonds is 3. The maximum Gasteiger partial charge on any atom is 0.0861 e. The highest BCUT2D eigenvalue weighted by atomic mass is 35.5. The van der Waals surface area contributed by atoms with Crippen molar-refractivity contribution in [3.05, 3.63) is 64.1 Å². The van der Waals surface area contributed by atoms with E-state index in [0.717, 1.165) is 24.1 Å². The molecule has 0 spiro atoms. The second kappa shape index (κ2) is 5.60. The first-order chi connectivity index (χ1) is 10.1. The summed E-state index contributed by atoms with van der Waals surface area (Å²) in [6.45, 7) is 0. The molecule has 1 fully saturated rings. The van der Waals surface area contributed by atoms with Crippen LogP contribution in [0.5, 0.6) is 0 Å². The van der Waals surface area contributed by atoms with E-state index in [2.05, 4.69) is 11.4 Å². The van der Waals surface area contributed by atoms with Gasteiger partial charge in [-0.25, -0.2) is 0 Å². The number of anilines is 1. The largest absolute Gasteiger partial charge is 0.381 e. The first-order valence-electron chi connectivity index (χ1n) is 6.81. The van der Waals surface area contributed by atoms with Gasteiger partial charge in [-0.05, 0) is 36.6 Å². The Balaban J connectivity index is 1.73. The predicted molar refractivity (Wildman–Crippen MR) is 86.8 cm³/mol. The van der Waals surface area contributed by atoms with Crippen LogP contribution in [0.15, 0.2) is 48.5 Å². The molecule has 0 aromatic heterocycles. The Morgan fingerprint density at radius 3 is 2.48 bits per heavy atom. The Labute approximate surface area is 134 Å². The number of nitrogens with one attached hydrogen (secondary N) is 1. The third-order valence-electron chi connectivity index (χ3n) is 4.02. The van der Waals surface area contributed by atoms with Crippen LogP contribution < -0.4 is 5.32 Å². The molecule has 2 aromatic rings. The summed E-state index contributed by atoms with van der Waals surface area (Å²) in [6, 6.07) is 18.0. The maximum atomic E-state index is 9.55. The first kappa shape index (κ1) is 14.3. The van der Waals surface area contributed by atoms with E-state index in [-0.39, 0.29) is 11.5 Å². The van der Waals surface area contributed by atoms with E-state index in [9.17, 15) is 5.26 Å². The van der Waals surface area contributed by atoms with Crippen LogP contribution in [-0.4, -0.2) is 6.04 Å². The van der Waals surface area contributed by atoms with Gasteiger partial charge in [0.15, 0.2) is 0 Å². The standard InChI is InChI=1S/C17H14Cl2N2/c18-13-6-7-15(19)16(8-13)21-14-9-17(10-14,11-20)12-4-2-1-3-5-12/h1-8,14,21H,9-10H2. The minimum absolute atomic E-state index is 0.237. The number of hydrogen-bond donors (Lipinski definition) is 1. The van der Waals surface area contributed by atoms with Gasteiger partial charge in [0.2, 0.25) is 0 Å². The van der Waals surface area contributed by atoms with Gasteiger partial charge >= 0.3 is 0 Å². The van der Waals surface area contributed by atoms with Crippen molar-refractivity contribution in [3.63, 3.8) is 0 Å². The van der Waals surface area contributed by atoms with Crippen molar-refractivity contribution in [2.45, 2.75) is 24.3 Å². The molecule has 1 aliphatic carbocycles. The molecule has 0 saturated heterocycles. The summed E-state index contributed by atoms with van der Waals surface area (Å²) in [5, 5.41) is 14.2. The molecule has 21 heavy (non-hydrogen) atoms. The van der Waals surface area contributed by atoms with E-state index in [1.807, 2.05) is 36.4 Å². The van der Waals surface area contributed by atoms with Crippen molar-refractivity contribution >= 4 is 28.9 Å². The number of hydrogen-bond acceptors (Lipinski definition) is 2. The molecule has 4 heteroatoms. The number of nitrogens with zero attached hydrogens (tertiary/aromatic N) is 1. The minimum Gasteiger partial charge on any atom is -0.381 e. The van der Waals surface area contributed by atoms with Crippen LogP contribution in [0.3, 0.4) is 0 Å². The summed E-state index contributed by atoms with van der Waals surface area (Å²) in [4.78, 5) is 0. The molecule has 0 amide bonds. The lowest BCUT2D eigenvalue weighted by Gasteiger charge is -2.43. The summed E-state index contributed by atoms with van der Waals surface area (Å²) in [6.07, 6.45) is 1.55. The molecule has 0 atom stereocenters. The van der Waals surface area contributed by atoms with Crippen molar-refractivity contribution < 1.29 is 0 Å². The van der Waals surface area contributed by atoms with Gasteiger partial charge in [-0.1, -0.05) is 53.5 Å². The average Bonchev–Trinajstić information content (AvgIpc) is 2.47. The molecular formula is C17H14Cl2N2. The molecule has 0 heterocycles. The normalized spacial score (nSPS) is 24.0. The van der Waals surface area contributed by atoms with Crippen LogP contribution in [0, 0.1) is 11.3 Å². The Bertz CT molecular complexity index is 686. The van der Waals surface area contributed by atoms with Gasteiger partial charge in [0.1, 0.15) is 0 Å². The van der Waals surface area contributed by atoms with Crippen LogP contribution in [0.2, 0.25) is 10.0 Å². The van der Waals surface area contributed by atoms with Crippen LogP contribution in [-0.2, 0) is 5.41 Å². The molecule has 1 saturated carbocycles. The molecule has 0 aliphatic heterocycles. The SMILES string of the molecule is N#CC1(c2ccccc2)CC(Nc2cc(Cl)ccc2Cl)C1. The molecular weight excluding hydrogens is 303 g/mol. The average molecular weight is 317 g/mol. The summed E-state index contributed by atoms with van der Waals surface area (Å²) in [5.41, 5.74) is 1.53. The molecule has 2 aromatic carbocycles. The van der Waals surface area contributed by atoms with Crippen LogP contribution in [0.25, 0.3) is 0 Å². The van der Waals surface area contributed by atoms with Crippen molar-refractivity contribution in [2.24, 2.45) is 0 Å². The highest BCUT2D eigenvalue weighted by Gasteiger charge is 2.46. The van der Waals surface area contributed by atoms with Crippen molar-refractivity contribution in [3.8, 4) is 6.07 Å². The van der Waals surface area contributed by atoms with E-state index in [1.165, 1.54) is 0 Å². The number of halogens is 2. The van der Waals surface area contributed by atoms with E-state index >= 15 is 0 Å². The van der Waals surface area contributed by atoms with E-state index < -0.39 is 0 Å². The van der Waals surface area contributed by atoms with Gasteiger partial charge < -0.3 is 5.32 Å². The third kappa shape index (κ3) is 2.72. The van der Waals surface area contributed by atoms with Crippen molar-refractivity contribution in [2.75, 3.05) is 5.32 Å². The van der Waals surface area contributed by atoms with Crippen LogP contribution in [0.1, 0.15) is 18.4 Å². The van der Waals surface area contributed by atoms with Crippen molar-refractivity contribution in [1.82, 2.24) is 0 Å². The Hall–Kier alpha value is -1.69. The smallest absolute Gasteiger partial charge is 0.0861 e. The Morgan fingerprint density at radius 1 is 1.10 bits per heavy atom. The quantitative estimate of drug-likeness (QED) is 0.862. The fourth-order valence-electron chi connectivity index (χ4n) is 2.86. The summed E-state index contributed by atoms with van der Waals surface area (Å²) in [5.74, 6) is 0. The molecule has 106 valence electrons. The van der Waals surface area contributed by atoms with Gasteiger partial charge in [-0.2, -0.15) is 5.26 Å². The number of nitriles is 1. The van der Waals surface area contributed by atoms with Gasteiger partial charge in [-0.15, -0.1) is 0 Å². The van der Waals surface area contributed by atoms with E-state index in [4.69, 9.17) is 23.2 Å². The lowest BCUT2D eigenvalue weighted by atomic mass is 9.62. The third-order valence-corrected chi connectivity index (χ3v) is 4.58.